The number of carbonyl (C=O) groups is 1. The molecule has 1 aromatic rings. The van der Waals surface area contributed by atoms with Crippen molar-refractivity contribution in [2.75, 3.05) is 67.1 Å². The van der Waals surface area contributed by atoms with Crippen LogP contribution in [0.25, 0.3) is 0 Å². The normalized spacial score (nSPS) is 24.9. The third-order valence-electron chi connectivity index (χ3n) is 7.05. The Morgan fingerprint density at radius 2 is 1.29 bits per heavy atom. The van der Waals surface area contributed by atoms with Crippen LogP contribution in [-0.4, -0.2) is 79.4 Å². The maximum Gasteiger partial charge on any atom is 0.231 e. The van der Waals surface area contributed by atoms with Gasteiger partial charge in [0.25, 0.3) is 0 Å². The van der Waals surface area contributed by atoms with Crippen molar-refractivity contribution in [2.24, 2.45) is 5.92 Å². The number of hydrogen-bond acceptors (Lipinski definition) is 8. The maximum absolute atomic E-state index is 12.6. The lowest BCUT2D eigenvalue weighted by Gasteiger charge is -2.32. The van der Waals surface area contributed by atoms with E-state index in [0.29, 0.717) is 6.54 Å². The monoisotopic (exact) mass is 429 g/mol. The molecule has 9 heteroatoms. The first-order valence-corrected chi connectivity index (χ1v) is 12.2. The Morgan fingerprint density at radius 1 is 0.774 bits per heavy atom. The number of hydrogen-bond donors (Lipinski definition) is 1. The quantitative estimate of drug-likeness (QED) is 0.730. The molecule has 4 aliphatic rings. The summed E-state index contributed by atoms with van der Waals surface area (Å²) >= 11 is 0. The molecule has 0 aromatic carbocycles. The Labute approximate surface area is 184 Å². The molecule has 31 heavy (non-hydrogen) atoms. The van der Waals surface area contributed by atoms with Crippen molar-refractivity contribution >= 4 is 23.8 Å². The number of piperidine rings is 1. The van der Waals surface area contributed by atoms with Crippen LogP contribution in [0, 0.1) is 5.92 Å². The van der Waals surface area contributed by atoms with E-state index < -0.39 is 0 Å². The molecule has 0 spiro atoms. The van der Waals surface area contributed by atoms with Crippen LogP contribution in [0.15, 0.2) is 0 Å². The van der Waals surface area contributed by atoms with Crippen LogP contribution in [0.5, 0.6) is 0 Å². The van der Waals surface area contributed by atoms with E-state index in [9.17, 15) is 4.79 Å². The third-order valence-corrected chi connectivity index (χ3v) is 7.05. The van der Waals surface area contributed by atoms with Crippen LogP contribution in [-0.2, 0) is 9.53 Å². The Bertz CT molecular complexity index is 716. The SMILES string of the molecule is O=C(NCC1CCCO1)C1CCN(c2nc(N3CCCC3)nc(N3CCCC3)n2)CC1. The minimum absolute atomic E-state index is 0.0654. The molecular weight excluding hydrogens is 394 g/mol. The van der Waals surface area contributed by atoms with Crippen molar-refractivity contribution in [3.63, 3.8) is 0 Å². The molecule has 1 aromatic heterocycles. The summed E-state index contributed by atoms with van der Waals surface area (Å²) in [6.07, 6.45) is 8.82. The molecule has 0 aliphatic carbocycles. The highest BCUT2D eigenvalue weighted by molar-refractivity contribution is 5.79. The maximum atomic E-state index is 12.6. The number of aromatic nitrogens is 3. The average molecular weight is 430 g/mol. The lowest BCUT2D eigenvalue weighted by molar-refractivity contribution is -0.126. The molecule has 1 amide bonds. The third kappa shape index (κ3) is 4.86. The van der Waals surface area contributed by atoms with Gasteiger partial charge in [-0.1, -0.05) is 0 Å². The molecule has 9 nitrogen and oxygen atoms in total. The molecule has 5 rings (SSSR count). The Balaban J connectivity index is 1.23. The molecule has 1 atom stereocenters. The summed E-state index contributed by atoms with van der Waals surface area (Å²) in [6.45, 7) is 7.17. The van der Waals surface area contributed by atoms with Crippen molar-refractivity contribution in [1.82, 2.24) is 20.3 Å². The highest BCUT2D eigenvalue weighted by Gasteiger charge is 2.29. The first-order valence-electron chi connectivity index (χ1n) is 12.2. The molecule has 4 saturated heterocycles. The summed E-state index contributed by atoms with van der Waals surface area (Å²) < 4.78 is 5.62. The van der Waals surface area contributed by atoms with Crippen LogP contribution in [0.3, 0.4) is 0 Å². The Kier molecular flexibility index (Phi) is 6.38. The predicted molar refractivity (Wildman–Crippen MR) is 120 cm³/mol. The van der Waals surface area contributed by atoms with Crippen molar-refractivity contribution in [3.05, 3.63) is 0 Å². The Morgan fingerprint density at radius 3 is 1.77 bits per heavy atom. The standard InChI is InChI=1S/C22H35N7O2/c30-19(23-16-18-6-5-15-31-18)17-7-13-29(14-8-17)22-25-20(27-9-1-2-10-27)24-21(26-22)28-11-3-4-12-28/h17-18H,1-16H2,(H,23,30). The van der Waals surface area contributed by atoms with Gasteiger partial charge in [-0.2, -0.15) is 15.0 Å². The molecule has 4 aliphatic heterocycles. The van der Waals surface area contributed by atoms with E-state index in [4.69, 9.17) is 19.7 Å². The Hall–Kier alpha value is -2.16. The average Bonchev–Trinajstić information content (AvgIpc) is 3.60. The first-order chi connectivity index (χ1) is 15.3. The molecule has 0 bridgehead atoms. The number of nitrogens with zero attached hydrogens (tertiary/aromatic N) is 6. The van der Waals surface area contributed by atoms with E-state index in [1.165, 1.54) is 25.7 Å². The van der Waals surface area contributed by atoms with Gasteiger partial charge in [0.1, 0.15) is 0 Å². The smallest absolute Gasteiger partial charge is 0.231 e. The number of carbonyl (C=O) groups excluding carboxylic acids is 1. The van der Waals surface area contributed by atoms with Gasteiger partial charge >= 0.3 is 0 Å². The van der Waals surface area contributed by atoms with Gasteiger partial charge in [-0.3, -0.25) is 4.79 Å². The van der Waals surface area contributed by atoms with Crippen LogP contribution < -0.4 is 20.0 Å². The zero-order valence-electron chi connectivity index (χ0n) is 18.5. The van der Waals surface area contributed by atoms with E-state index in [0.717, 1.165) is 89.4 Å². The largest absolute Gasteiger partial charge is 0.376 e. The summed E-state index contributed by atoms with van der Waals surface area (Å²) in [5.41, 5.74) is 0. The van der Waals surface area contributed by atoms with Gasteiger partial charge in [0.15, 0.2) is 0 Å². The molecule has 170 valence electrons. The number of ether oxygens (including phenoxy) is 1. The number of amides is 1. The van der Waals surface area contributed by atoms with Crippen molar-refractivity contribution in [3.8, 4) is 0 Å². The minimum atomic E-state index is 0.0654. The van der Waals surface area contributed by atoms with Crippen molar-refractivity contribution < 1.29 is 9.53 Å². The lowest BCUT2D eigenvalue weighted by Crippen LogP contribution is -2.43. The number of nitrogens with one attached hydrogen (secondary N) is 1. The van der Waals surface area contributed by atoms with E-state index in [2.05, 4.69) is 20.0 Å². The molecule has 1 N–H and O–H groups in total. The van der Waals surface area contributed by atoms with E-state index >= 15 is 0 Å². The molecule has 5 heterocycles. The second kappa shape index (κ2) is 9.54. The number of anilines is 3. The van der Waals surface area contributed by atoms with Crippen molar-refractivity contribution in [1.29, 1.82) is 0 Å². The number of rotatable bonds is 6. The molecule has 1 unspecified atom stereocenters. The second-order valence-electron chi connectivity index (χ2n) is 9.27. The summed E-state index contributed by atoms with van der Waals surface area (Å²) in [7, 11) is 0. The van der Waals surface area contributed by atoms with E-state index in [1.54, 1.807) is 0 Å². The summed E-state index contributed by atoms with van der Waals surface area (Å²) in [5, 5.41) is 3.10. The second-order valence-corrected chi connectivity index (χ2v) is 9.27. The van der Waals surface area contributed by atoms with Gasteiger partial charge in [-0.25, -0.2) is 0 Å². The van der Waals surface area contributed by atoms with Gasteiger partial charge in [0, 0.05) is 58.3 Å². The fourth-order valence-electron chi connectivity index (χ4n) is 5.11. The minimum Gasteiger partial charge on any atom is -0.376 e. The zero-order chi connectivity index (χ0) is 21.0. The summed E-state index contributed by atoms with van der Waals surface area (Å²) in [6, 6.07) is 0. The van der Waals surface area contributed by atoms with Gasteiger partial charge in [-0.15, -0.1) is 0 Å². The lowest BCUT2D eigenvalue weighted by atomic mass is 9.96. The van der Waals surface area contributed by atoms with E-state index in [-0.39, 0.29) is 17.9 Å². The van der Waals surface area contributed by atoms with Crippen LogP contribution >= 0.6 is 0 Å². The van der Waals surface area contributed by atoms with Gasteiger partial charge in [0.05, 0.1) is 6.10 Å². The molecule has 0 radical (unpaired) electrons. The summed E-state index contributed by atoms with van der Waals surface area (Å²) in [4.78, 5) is 34.0. The predicted octanol–water partition coefficient (Wildman–Crippen LogP) is 1.58. The van der Waals surface area contributed by atoms with E-state index in [1.807, 2.05) is 0 Å². The molecule has 4 fully saturated rings. The zero-order valence-corrected chi connectivity index (χ0v) is 18.5. The first kappa shape index (κ1) is 20.7. The van der Waals surface area contributed by atoms with Gasteiger partial charge in [0.2, 0.25) is 23.8 Å². The topological polar surface area (TPSA) is 86.7 Å². The summed E-state index contributed by atoms with van der Waals surface area (Å²) in [5.74, 6) is 2.65. The molecule has 0 saturated carbocycles. The van der Waals surface area contributed by atoms with Crippen molar-refractivity contribution in [2.45, 2.75) is 57.5 Å². The van der Waals surface area contributed by atoms with Gasteiger partial charge < -0.3 is 24.8 Å². The van der Waals surface area contributed by atoms with Gasteiger partial charge in [-0.05, 0) is 51.4 Å². The van der Waals surface area contributed by atoms with Crippen LogP contribution in [0.4, 0.5) is 17.8 Å². The fraction of sp³-hybridized carbons (Fsp3) is 0.818. The van der Waals surface area contributed by atoms with Crippen LogP contribution in [0.2, 0.25) is 0 Å². The fourth-order valence-corrected chi connectivity index (χ4v) is 5.11. The van der Waals surface area contributed by atoms with Crippen LogP contribution in [0.1, 0.15) is 51.4 Å². The highest BCUT2D eigenvalue weighted by Crippen LogP contribution is 2.27. The molecular formula is C22H35N7O2. The highest BCUT2D eigenvalue weighted by atomic mass is 16.5.